The molecular weight excluding hydrogens is 267 g/mol. The van der Waals surface area contributed by atoms with Gasteiger partial charge in [0.05, 0.1) is 11.2 Å². The standard InChI is InChI=1S/C14H14ClFN2O/c1-9(17)11-2-3-14(13(15)5-11)19-8-10-4-12(16)7-18-6-10/h2-7,9H,8,17H2,1H3. The van der Waals surface area contributed by atoms with Crippen molar-refractivity contribution in [2.24, 2.45) is 5.73 Å². The van der Waals surface area contributed by atoms with Crippen molar-refractivity contribution in [3.8, 4) is 5.75 Å². The average Bonchev–Trinajstić information content (AvgIpc) is 2.37. The number of benzene rings is 1. The highest BCUT2D eigenvalue weighted by Gasteiger charge is 2.06. The van der Waals surface area contributed by atoms with E-state index >= 15 is 0 Å². The fraction of sp³-hybridized carbons (Fsp3) is 0.214. The molecule has 0 aliphatic carbocycles. The zero-order valence-electron chi connectivity index (χ0n) is 10.4. The number of ether oxygens (including phenoxy) is 1. The molecule has 1 aromatic heterocycles. The molecule has 0 amide bonds. The van der Waals surface area contributed by atoms with Gasteiger partial charge in [0.15, 0.2) is 0 Å². The van der Waals surface area contributed by atoms with E-state index in [4.69, 9.17) is 22.1 Å². The zero-order chi connectivity index (χ0) is 13.8. The lowest BCUT2D eigenvalue weighted by Gasteiger charge is -2.11. The van der Waals surface area contributed by atoms with Crippen LogP contribution >= 0.6 is 11.6 Å². The van der Waals surface area contributed by atoms with Crippen LogP contribution in [0.4, 0.5) is 4.39 Å². The summed E-state index contributed by atoms with van der Waals surface area (Å²) in [5.41, 5.74) is 7.35. The van der Waals surface area contributed by atoms with Crippen LogP contribution in [-0.4, -0.2) is 4.98 Å². The third-order valence-corrected chi connectivity index (χ3v) is 2.93. The van der Waals surface area contributed by atoms with E-state index < -0.39 is 0 Å². The molecule has 0 radical (unpaired) electrons. The minimum Gasteiger partial charge on any atom is -0.487 e. The van der Waals surface area contributed by atoms with Gasteiger partial charge in [0.2, 0.25) is 0 Å². The molecule has 2 N–H and O–H groups in total. The molecule has 2 rings (SSSR count). The monoisotopic (exact) mass is 280 g/mol. The molecular formula is C14H14ClFN2O. The maximum Gasteiger partial charge on any atom is 0.141 e. The van der Waals surface area contributed by atoms with Crippen LogP contribution in [0.15, 0.2) is 36.7 Å². The second-order valence-electron chi connectivity index (χ2n) is 4.28. The summed E-state index contributed by atoms with van der Waals surface area (Å²) < 4.78 is 18.5. The molecule has 1 unspecified atom stereocenters. The fourth-order valence-corrected chi connectivity index (χ4v) is 1.86. The van der Waals surface area contributed by atoms with E-state index in [-0.39, 0.29) is 18.5 Å². The maximum atomic E-state index is 13.0. The molecule has 2 aromatic rings. The van der Waals surface area contributed by atoms with Gasteiger partial charge in [0.1, 0.15) is 18.2 Å². The van der Waals surface area contributed by atoms with Gasteiger partial charge in [-0.1, -0.05) is 17.7 Å². The number of nitrogens with zero attached hydrogens (tertiary/aromatic N) is 1. The van der Waals surface area contributed by atoms with Crippen molar-refractivity contribution >= 4 is 11.6 Å². The van der Waals surface area contributed by atoms with Gasteiger partial charge in [-0.2, -0.15) is 0 Å². The second kappa shape index (κ2) is 5.99. The third kappa shape index (κ3) is 3.66. The first-order valence-electron chi connectivity index (χ1n) is 5.83. The highest BCUT2D eigenvalue weighted by Crippen LogP contribution is 2.28. The first-order chi connectivity index (χ1) is 9.06. The van der Waals surface area contributed by atoms with Crippen LogP contribution in [0, 0.1) is 5.82 Å². The van der Waals surface area contributed by atoms with Crippen LogP contribution in [-0.2, 0) is 6.61 Å². The Morgan fingerprint density at radius 3 is 2.79 bits per heavy atom. The van der Waals surface area contributed by atoms with E-state index in [9.17, 15) is 4.39 Å². The Kier molecular flexibility index (Phi) is 4.35. The molecule has 0 spiro atoms. The highest BCUT2D eigenvalue weighted by molar-refractivity contribution is 6.32. The van der Waals surface area contributed by atoms with E-state index in [1.165, 1.54) is 6.07 Å². The van der Waals surface area contributed by atoms with Crippen LogP contribution in [0.3, 0.4) is 0 Å². The van der Waals surface area contributed by atoms with E-state index in [1.807, 2.05) is 13.0 Å². The summed E-state index contributed by atoms with van der Waals surface area (Å²) in [6.07, 6.45) is 2.70. The van der Waals surface area contributed by atoms with Gasteiger partial charge in [0, 0.05) is 17.8 Å². The number of aromatic nitrogens is 1. The molecule has 1 aromatic carbocycles. The second-order valence-corrected chi connectivity index (χ2v) is 4.69. The lowest BCUT2D eigenvalue weighted by atomic mass is 10.1. The lowest BCUT2D eigenvalue weighted by molar-refractivity contribution is 0.305. The van der Waals surface area contributed by atoms with Gasteiger partial charge in [0.25, 0.3) is 0 Å². The number of rotatable bonds is 4. The molecule has 3 nitrogen and oxygen atoms in total. The van der Waals surface area contributed by atoms with Crippen LogP contribution in [0.2, 0.25) is 5.02 Å². The summed E-state index contributed by atoms with van der Waals surface area (Å²) >= 11 is 6.10. The summed E-state index contributed by atoms with van der Waals surface area (Å²) in [5, 5.41) is 0.485. The predicted molar refractivity (Wildman–Crippen MR) is 72.6 cm³/mol. The Hall–Kier alpha value is -1.65. The lowest BCUT2D eigenvalue weighted by Crippen LogP contribution is -2.05. The molecule has 5 heteroatoms. The summed E-state index contributed by atoms with van der Waals surface area (Å²) in [6, 6.07) is 6.67. The number of pyridine rings is 1. The molecule has 0 aliphatic heterocycles. The topological polar surface area (TPSA) is 48.1 Å². The van der Waals surface area contributed by atoms with E-state index in [1.54, 1.807) is 18.3 Å². The van der Waals surface area contributed by atoms with Gasteiger partial charge in [-0.15, -0.1) is 0 Å². The van der Waals surface area contributed by atoms with Gasteiger partial charge in [-0.3, -0.25) is 4.98 Å². The van der Waals surface area contributed by atoms with E-state index in [0.717, 1.165) is 11.8 Å². The Morgan fingerprint density at radius 1 is 1.37 bits per heavy atom. The van der Waals surface area contributed by atoms with Crippen LogP contribution < -0.4 is 10.5 Å². The molecule has 0 saturated heterocycles. The molecule has 0 bridgehead atoms. The van der Waals surface area contributed by atoms with Crippen LogP contribution in [0.1, 0.15) is 24.1 Å². The summed E-state index contributed by atoms with van der Waals surface area (Å²) in [5.74, 6) is 0.148. The van der Waals surface area contributed by atoms with Crippen LogP contribution in [0.5, 0.6) is 5.75 Å². The van der Waals surface area contributed by atoms with E-state index in [2.05, 4.69) is 4.98 Å². The summed E-state index contributed by atoms with van der Waals surface area (Å²) in [6.45, 7) is 2.09. The van der Waals surface area contributed by atoms with Crippen molar-refractivity contribution in [1.82, 2.24) is 4.98 Å². The largest absolute Gasteiger partial charge is 0.487 e. The maximum absolute atomic E-state index is 13.0. The van der Waals surface area contributed by atoms with E-state index in [0.29, 0.717) is 16.3 Å². The minimum atomic E-state index is -0.389. The van der Waals surface area contributed by atoms with Crippen molar-refractivity contribution < 1.29 is 9.13 Å². The van der Waals surface area contributed by atoms with Crippen molar-refractivity contribution in [2.75, 3.05) is 0 Å². The van der Waals surface area contributed by atoms with Crippen molar-refractivity contribution in [3.63, 3.8) is 0 Å². The Bertz CT molecular complexity index is 575. The number of nitrogens with two attached hydrogens (primary N) is 1. The Balaban J connectivity index is 2.07. The van der Waals surface area contributed by atoms with Crippen molar-refractivity contribution in [1.29, 1.82) is 0 Å². The van der Waals surface area contributed by atoms with Gasteiger partial charge < -0.3 is 10.5 Å². The van der Waals surface area contributed by atoms with Crippen molar-refractivity contribution in [3.05, 3.63) is 58.6 Å². The fourth-order valence-electron chi connectivity index (χ4n) is 1.61. The summed E-state index contributed by atoms with van der Waals surface area (Å²) in [4.78, 5) is 3.75. The van der Waals surface area contributed by atoms with Gasteiger partial charge in [-0.25, -0.2) is 4.39 Å². The predicted octanol–water partition coefficient (Wildman–Crippen LogP) is 3.47. The number of hydrogen-bond acceptors (Lipinski definition) is 3. The SMILES string of the molecule is CC(N)c1ccc(OCc2cncc(F)c2)c(Cl)c1. The first-order valence-corrected chi connectivity index (χ1v) is 6.21. The third-order valence-electron chi connectivity index (χ3n) is 2.64. The highest BCUT2D eigenvalue weighted by atomic mass is 35.5. The normalized spacial score (nSPS) is 12.2. The molecule has 100 valence electrons. The number of hydrogen-bond donors (Lipinski definition) is 1. The molecule has 19 heavy (non-hydrogen) atoms. The molecule has 1 heterocycles. The average molecular weight is 281 g/mol. The summed E-state index contributed by atoms with van der Waals surface area (Å²) in [7, 11) is 0. The first kappa shape index (κ1) is 13.8. The van der Waals surface area contributed by atoms with Gasteiger partial charge in [-0.05, 0) is 30.7 Å². The zero-order valence-corrected chi connectivity index (χ0v) is 11.2. The number of halogens is 2. The molecule has 0 aliphatic rings. The van der Waals surface area contributed by atoms with Crippen LogP contribution in [0.25, 0.3) is 0 Å². The Labute approximate surface area is 116 Å². The smallest absolute Gasteiger partial charge is 0.141 e. The molecule has 0 fully saturated rings. The molecule has 0 saturated carbocycles. The minimum absolute atomic E-state index is 0.0843. The quantitative estimate of drug-likeness (QED) is 0.933. The van der Waals surface area contributed by atoms with Crippen molar-refractivity contribution in [2.45, 2.75) is 19.6 Å². The van der Waals surface area contributed by atoms with Gasteiger partial charge >= 0.3 is 0 Å². The Morgan fingerprint density at radius 2 is 2.16 bits per heavy atom. The molecule has 1 atom stereocenters.